The molecule has 2 saturated carbocycles. The Kier molecular flexibility index (Phi) is 7.80. The average molecular weight is 494 g/mol. The van der Waals surface area contributed by atoms with E-state index in [-0.39, 0.29) is 32.0 Å². The van der Waals surface area contributed by atoms with E-state index >= 15 is 0 Å². The molecule has 0 heterocycles. The van der Waals surface area contributed by atoms with Crippen LogP contribution in [0.15, 0.2) is 54.6 Å². The maximum Gasteiger partial charge on any atom is 0.416 e. The highest BCUT2D eigenvalue weighted by Crippen LogP contribution is 2.36. The molecule has 35 heavy (non-hydrogen) atoms. The zero-order valence-electron chi connectivity index (χ0n) is 19.2. The van der Waals surface area contributed by atoms with E-state index in [0.29, 0.717) is 18.0 Å². The molecule has 0 radical (unpaired) electrons. The van der Waals surface area contributed by atoms with Crippen LogP contribution < -0.4 is 5.32 Å². The summed E-state index contributed by atoms with van der Waals surface area (Å²) in [6, 6.07) is 13.8. The second-order valence-corrected chi connectivity index (χ2v) is 9.43. The van der Waals surface area contributed by atoms with Crippen molar-refractivity contribution < 1.29 is 37.7 Å². The third-order valence-corrected chi connectivity index (χ3v) is 6.61. The van der Waals surface area contributed by atoms with Gasteiger partial charge in [-0.3, -0.25) is 4.79 Å². The lowest BCUT2D eigenvalue weighted by Gasteiger charge is -2.44. The van der Waals surface area contributed by atoms with Gasteiger partial charge in [0.25, 0.3) is 5.91 Å². The predicted molar refractivity (Wildman–Crippen MR) is 121 cm³/mol. The minimum Gasteiger partial charge on any atom is -0.390 e. The smallest absolute Gasteiger partial charge is 0.390 e. The second-order valence-electron chi connectivity index (χ2n) is 9.43. The summed E-state index contributed by atoms with van der Waals surface area (Å²) in [6.07, 6.45) is -5.93. The van der Waals surface area contributed by atoms with Crippen LogP contribution in [0.4, 0.5) is 13.2 Å². The molecule has 1 amide bonds. The van der Waals surface area contributed by atoms with Gasteiger partial charge in [0.15, 0.2) is 5.60 Å². The summed E-state index contributed by atoms with van der Waals surface area (Å²) in [4.78, 5) is 13.3. The molecule has 6 nitrogen and oxygen atoms in total. The van der Waals surface area contributed by atoms with Crippen LogP contribution in [0.1, 0.15) is 42.4 Å². The molecule has 2 aliphatic carbocycles. The number of hydrogen-bond donors (Lipinski definition) is 3. The van der Waals surface area contributed by atoms with Crippen LogP contribution in [0.2, 0.25) is 0 Å². The van der Waals surface area contributed by atoms with Gasteiger partial charge in [-0.05, 0) is 42.0 Å². The van der Waals surface area contributed by atoms with Crippen LogP contribution in [0.5, 0.6) is 0 Å². The molecule has 4 atom stereocenters. The van der Waals surface area contributed by atoms with Crippen molar-refractivity contribution in [3.8, 4) is 0 Å². The van der Waals surface area contributed by atoms with Crippen molar-refractivity contribution in [2.75, 3.05) is 6.54 Å². The Morgan fingerprint density at radius 1 is 0.971 bits per heavy atom. The van der Waals surface area contributed by atoms with Gasteiger partial charge < -0.3 is 25.0 Å². The molecule has 0 bridgehead atoms. The van der Waals surface area contributed by atoms with Crippen LogP contribution in [-0.4, -0.2) is 46.6 Å². The first-order valence-corrected chi connectivity index (χ1v) is 11.8. The zero-order chi connectivity index (χ0) is 25.1. The lowest BCUT2D eigenvalue weighted by Crippen LogP contribution is -2.60. The van der Waals surface area contributed by atoms with Crippen molar-refractivity contribution in [2.24, 2.45) is 5.92 Å². The van der Waals surface area contributed by atoms with Gasteiger partial charge in [0.1, 0.15) is 6.10 Å². The Hall–Kier alpha value is -2.46. The molecule has 9 heteroatoms. The molecule has 4 rings (SSSR count). The molecule has 3 N–H and O–H groups in total. The van der Waals surface area contributed by atoms with Crippen LogP contribution in [-0.2, 0) is 33.7 Å². The fourth-order valence-corrected chi connectivity index (χ4v) is 4.27. The first-order chi connectivity index (χ1) is 16.7. The Bertz CT molecular complexity index is 981. The topological polar surface area (TPSA) is 88.0 Å². The third kappa shape index (κ3) is 6.61. The molecule has 0 saturated heterocycles. The normalized spacial score (nSPS) is 26.9. The molecule has 190 valence electrons. The number of aliphatic hydroxyl groups excluding tert-OH is 2. The highest BCUT2D eigenvalue weighted by atomic mass is 19.4. The van der Waals surface area contributed by atoms with Gasteiger partial charge in [0.2, 0.25) is 0 Å². The summed E-state index contributed by atoms with van der Waals surface area (Å²) in [7, 11) is 0. The summed E-state index contributed by atoms with van der Waals surface area (Å²) in [5.41, 5.74) is -0.868. The second kappa shape index (κ2) is 10.7. The highest BCUT2D eigenvalue weighted by Gasteiger charge is 2.51. The molecule has 2 aliphatic rings. The number of amides is 1. The number of carbonyl (C=O) groups excluding carboxylic acids is 1. The summed E-state index contributed by atoms with van der Waals surface area (Å²) in [5, 5.41) is 24.1. The number of benzene rings is 2. The molecule has 0 spiro atoms. The minimum atomic E-state index is -4.44. The number of halogens is 3. The van der Waals surface area contributed by atoms with Crippen LogP contribution >= 0.6 is 0 Å². The maximum absolute atomic E-state index is 13.3. The summed E-state index contributed by atoms with van der Waals surface area (Å²) >= 11 is 0. The number of ether oxygens (including phenoxy) is 2. The van der Waals surface area contributed by atoms with Crippen molar-refractivity contribution in [3.05, 3.63) is 71.3 Å². The van der Waals surface area contributed by atoms with Crippen molar-refractivity contribution in [3.63, 3.8) is 0 Å². The summed E-state index contributed by atoms with van der Waals surface area (Å²) in [6.45, 7) is 0.558. The monoisotopic (exact) mass is 493 g/mol. The predicted octanol–water partition coefficient (Wildman–Crippen LogP) is 3.59. The van der Waals surface area contributed by atoms with Gasteiger partial charge in [-0.2, -0.15) is 13.2 Å². The number of alkyl halides is 3. The summed E-state index contributed by atoms with van der Waals surface area (Å²) < 4.78 is 50.4. The lowest BCUT2D eigenvalue weighted by atomic mass is 9.78. The van der Waals surface area contributed by atoms with Gasteiger partial charge in [-0.25, -0.2) is 0 Å². The van der Waals surface area contributed by atoms with E-state index in [4.69, 9.17) is 9.47 Å². The lowest BCUT2D eigenvalue weighted by molar-refractivity contribution is -0.200. The largest absolute Gasteiger partial charge is 0.416 e. The molecule has 0 aliphatic heterocycles. The fourth-order valence-electron chi connectivity index (χ4n) is 4.27. The van der Waals surface area contributed by atoms with Crippen LogP contribution in [0, 0.1) is 5.92 Å². The van der Waals surface area contributed by atoms with E-state index in [9.17, 15) is 28.2 Å². The van der Waals surface area contributed by atoms with E-state index in [0.717, 1.165) is 30.5 Å². The molecule has 2 fully saturated rings. The quantitative estimate of drug-likeness (QED) is 0.497. The van der Waals surface area contributed by atoms with E-state index in [1.807, 2.05) is 30.3 Å². The Labute approximate surface area is 202 Å². The van der Waals surface area contributed by atoms with E-state index in [1.54, 1.807) is 0 Å². The van der Waals surface area contributed by atoms with Crippen molar-refractivity contribution in [1.29, 1.82) is 0 Å². The standard InChI is InChI=1S/C26H30F3NO5/c27-26(28,29)20-10-8-19(9-11-20)15-34-22-13-25(12-21(31)23(22)32,24(33)30-14-17-6-7-17)35-16-18-4-2-1-3-5-18/h1-5,8-11,17,21-23,31-32H,6-7,12-16H2,(H,30,33)/t21-,22?,23-,25+/m1/s1. The van der Waals surface area contributed by atoms with Gasteiger partial charge >= 0.3 is 6.18 Å². The number of nitrogens with one attached hydrogen (secondary N) is 1. The van der Waals surface area contributed by atoms with Crippen molar-refractivity contribution in [1.82, 2.24) is 5.32 Å². The van der Waals surface area contributed by atoms with E-state index in [1.165, 1.54) is 12.1 Å². The molecule has 2 aromatic carbocycles. The first-order valence-electron chi connectivity index (χ1n) is 11.8. The van der Waals surface area contributed by atoms with Crippen molar-refractivity contribution >= 4 is 5.91 Å². The van der Waals surface area contributed by atoms with Gasteiger partial charge in [-0.15, -0.1) is 0 Å². The van der Waals surface area contributed by atoms with Gasteiger partial charge in [-0.1, -0.05) is 42.5 Å². The molecule has 2 aromatic rings. The molecule has 0 aromatic heterocycles. The first kappa shape index (κ1) is 25.6. The number of aliphatic hydroxyl groups is 2. The molecule has 1 unspecified atom stereocenters. The number of carbonyl (C=O) groups is 1. The Morgan fingerprint density at radius 3 is 2.26 bits per heavy atom. The van der Waals surface area contributed by atoms with E-state index < -0.39 is 35.7 Å². The number of hydrogen-bond acceptors (Lipinski definition) is 5. The number of rotatable bonds is 9. The van der Waals surface area contributed by atoms with Crippen LogP contribution in [0.3, 0.4) is 0 Å². The van der Waals surface area contributed by atoms with Gasteiger partial charge in [0, 0.05) is 19.4 Å². The molecular formula is C26H30F3NO5. The molecular weight excluding hydrogens is 463 g/mol. The third-order valence-electron chi connectivity index (χ3n) is 6.61. The fraction of sp³-hybridized carbons (Fsp3) is 0.500. The van der Waals surface area contributed by atoms with Gasteiger partial charge in [0.05, 0.1) is 31.0 Å². The highest BCUT2D eigenvalue weighted by molar-refractivity contribution is 5.85. The SMILES string of the molecule is O=C(NCC1CC1)[C@@]1(OCc2ccccc2)CC(OCc2ccc(C(F)(F)F)cc2)[C@H](O)[C@H](O)C1. The minimum absolute atomic E-state index is 0.00477. The zero-order valence-corrected chi connectivity index (χ0v) is 19.2. The Balaban J connectivity index is 1.47. The Morgan fingerprint density at radius 2 is 1.63 bits per heavy atom. The van der Waals surface area contributed by atoms with E-state index in [2.05, 4.69) is 5.32 Å². The summed E-state index contributed by atoms with van der Waals surface area (Å²) in [5.74, 6) is 0.0744. The van der Waals surface area contributed by atoms with Crippen molar-refractivity contribution in [2.45, 2.75) is 69.0 Å². The van der Waals surface area contributed by atoms with Crippen LogP contribution in [0.25, 0.3) is 0 Å². The maximum atomic E-state index is 13.3. The average Bonchev–Trinajstić information content (AvgIpc) is 3.67.